The van der Waals surface area contributed by atoms with Crippen molar-refractivity contribution in [3.8, 4) is 5.75 Å². The van der Waals surface area contributed by atoms with Crippen molar-refractivity contribution < 1.29 is 9.90 Å². The molecule has 1 aromatic carbocycles. The molecule has 188 valence electrons. The van der Waals surface area contributed by atoms with Gasteiger partial charge in [-0.05, 0) is 72.8 Å². The number of benzene rings is 1. The first-order valence-electron chi connectivity index (χ1n) is 13.1. The summed E-state index contributed by atoms with van der Waals surface area (Å²) < 4.78 is 0. The number of hydrogen-bond acceptors (Lipinski definition) is 6. The number of aromatic amines is 1. The highest BCUT2D eigenvalue weighted by molar-refractivity contribution is 5.72. The van der Waals surface area contributed by atoms with Crippen LogP contribution in [0.1, 0.15) is 74.1 Å². The first kappa shape index (κ1) is 24.0. The third kappa shape index (κ3) is 5.29. The third-order valence-corrected chi connectivity index (χ3v) is 8.03. The number of rotatable bonds is 7. The molecule has 0 bridgehead atoms. The van der Waals surface area contributed by atoms with Gasteiger partial charge >= 0.3 is 0 Å². The van der Waals surface area contributed by atoms with Gasteiger partial charge in [0.2, 0.25) is 5.91 Å². The molecule has 0 spiro atoms. The van der Waals surface area contributed by atoms with Crippen LogP contribution in [0.3, 0.4) is 0 Å². The minimum atomic E-state index is 0.0278. The van der Waals surface area contributed by atoms with Crippen LogP contribution < -0.4 is 16.2 Å². The zero-order valence-electron chi connectivity index (χ0n) is 20.8. The average molecular weight is 479 g/mol. The zero-order chi connectivity index (χ0) is 24.4. The molecule has 2 fully saturated rings. The van der Waals surface area contributed by atoms with Gasteiger partial charge in [-0.15, -0.1) is 0 Å². The smallest absolute Gasteiger partial charge is 0.216 e. The number of fused-ring (bicyclic) bond motifs is 1. The van der Waals surface area contributed by atoms with E-state index in [0.717, 1.165) is 63.3 Å². The van der Waals surface area contributed by atoms with Gasteiger partial charge in [-0.1, -0.05) is 19.1 Å². The Hall–Kier alpha value is -2.68. The van der Waals surface area contributed by atoms with Gasteiger partial charge < -0.3 is 15.4 Å². The molecule has 8 heteroatoms. The number of imidazole rings is 1. The van der Waals surface area contributed by atoms with Crippen LogP contribution in [-0.4, -0.2) is 58.1 Å². The molecule has 1 aliphatic carbocycles. The van der Waals surface area contributed by atoms with Crippen molar-refractivity contribution >= 4 is 11.5 Å². The number of carbonyl (C=O) groups excluding carboxylic acids is 1. The van der Waals surface area contributed by atoms with E-state index in [9.17, 15) is 9.90 Å². The SMILES string of the molecule is CCc1cc(O)ccc1C1CCC2C(C1)NNC2c1ncc(C2=CCN(CCNC(C)=O)CC2)[nH]1. The van der Waals surface area contributed by atoms with E-state index in [-0.39, 0.29) is 11.9 Å². The van der Waals surface area contributed by atoms with E-state index < -0.39 is 0 Å². The number of aromatic nitrogens is 2. The van der Waals surface area contributed by atoms with Gasteiger partial charge in [-0.25, -0.2) is 10.4 Å². The molecule has 5 N–H and O–H groups in total. The van der Waals surface area contributed by atoms with Crippen LogP contribution in [0.5, 0.6) is 5.75 Å². The van der Waals surface area contributed by atoms with E-state index in [4.69, 9.17) is 4.98 Å². The first-order valence-corrected chi connectivity index (χ1v) is 13.1. The highest BCUT2D eigenvalue weighted by atomic mass is 16.3. The second-order valence-corrected chi connectivity index (χ2v) is 10.2. The van der Waals surface area contributed by atoms with Crippen molar-refractivity contribution in [2.24, 2.45) is 5.92 Å². The molecule has 3 aliphatic rings. The number of amides is 1. The molecule has 35 heavy (non-hydrogen) atoms. The number of nitrogens with one attached hydrogen (secondary N) is 4. The molecule has 1 amide bonds. The maximum atomic E-state index is 11.1. The second-order valence-electron chi connectivity index (χ2n) is 10.2. The van der Waals surface area contributed by atoms with Gasteiger partial charge in [0.1, 0.15) is 11.6 Å². The second kappa shape index (κ2) is 10.5. The fraction of sp³-hybridized carbons (Fsp3) is 0.556. The summed E-state index contributed by atoms with van der Waals surface area (Å²) in [5.74, 6) is 2.44. The van der Waals surface area contributed by atoms with Gasteiger partial charge in [-0.2, -0.15) is 0 Å². The van der Waals surface area contributed by atoms with Gasteiger partial charge in [0.15, 0.2) is 0 Å². The Morgan fingerprint density at radius 1 is 1.29 bits per heavy atom. The number of H-pyrrole nitrogens is 1. The monoisotopic (exact) mass is 478 g/mol. The maximum absolute atomic E-state index is 11.1. The molecule has 5 rings (SSSR count). The molecule has 1 saturated carbocycles. The van der Waals surface area contributed by atoms with Crippen molar-refractivity contribution in [3.05, 3.63) is 53.1 Å². The summed E-state index contributed by atoms with van der Waals surface area (Å²) in [6, 6.07) is 6.49. The normalized spacial score (nSPS) is 26.9. The molecular formula is C27H38N6O2. The number of phenolic OH excluding ortho intramolecular Hbond substituents is 1. The van der Waals surface area contributed by atoms with Crippen LogP contribution in [0.4, 0.5) is 0 Å². The summed E-state index contributed by atoms with van der Waals surface area (Å²) in [7, 11) is 0. The van der Waals surface area contributed by atoms with Crippen molar-refractivity contribution in [3.63, 3.8) is 0 Å². The number of hydrogen-bond donors (Lipinski definition) is 5. The lowest BCUT2D eigenvalue weighted by Gasteiger charge is -2.33. The summed E-state index contributed by atoms with van der Waals surface area (Å²) in [4.78, 5) is 21.8. The summed E-state index contributed by atoms with van der Waals surface area (Å²) in [5, 5.41) is 12.8. The Morgan fingerprint density at radius 3 is 2.94 bits per heavy atom. The Balaban J connectivity index is 1.19. The van der Waals surface area contributed by atoms with Gasteiger partial charge in [0.25, 0.3) is 0 Å². The van der Waals surface area contributed by atoms with Crippen LogP contribution >= 0.6 is 0 Å². The highest BCUT2D eigenvalue weighted by Gasteiger charge is 2.42. The van der Waals surface area contributed by atoms with E-state index >= 15 is 0 Å². The Morgan fingerprint density at radius 2 is 2.17 bits per heavy atom. The number of aryl methyl sites for hydroxylation is 1. The molecule has 4 atom stereocenters. The van der Waals surface area contributed by atoms with Gasteiger partial charge in [0, 0.05) is 39.1 Å². The molecule has 2 aromatic rings. The number of hydrazine groups is 1. The van der Waals surface area contributed by atoms with E-state index in [1.807, 2.05) is 18.3 Å². The number of nitrogens with zero attached hydrogens (tertiary/aromatic N) is 2. The van der Waals surface area contributed by atoms with Crippen LogP contribution in [0.25, 0.3) is 5.57 Å². The van der Waals surface area contributed by atoms with Crippen molar-refractivity contribution in [1.82, 2.24) is 31.0 Å². The van der Waals surface area contributed by atoms with Crippen molar-refractivity contribution in [1.29, 1.82) is 0 Å². The predicted molar refractivity (Wildman–Crippen MR) is 137 cm³/mol. The van der Waals surface area contributed by atoms with Crippen LogP contribution in [0, 0.1) is 5.92 Å². The van der Waals surface area contributed by atoms with Gasteiger partial charge in [-0.3, -0.25) is 15.1 Å². The van der Waals surface area contributed by atoms with Crippen LogP contribution in [0.2, 0.25) is 0 Å². The van der Waals surface area contributed by atoms with Crippen molar-refractivity contribution in [2.75, 3.05) is 26.2 Å². The molecule has 4 unspecified atom stereocenters. The lowest BCUT2D eigenvalue weighted by molar-refractivity contribution is -0.119. The van der Waals surface area contributed by atoms with E-state index in [1.165, 1.54) is 16.7 Å². The van der Waals surface area contributed by atoms with Crippen LogP contribution in [-0.2, 0) is 11.2 Å². The predicted octanol–water partition coefficient (Wildman–Crippen LogP) is 3.00. The lowest BCUT2D eigenvalue weighted by Crippen LogP contribution is -2.36. The van der Waals surface area contributed by atoms with E-state index in [1.54, 1.807) is 6.92 Å². The minimum absolute atomic E-state index is 0.0278. The molecule has 2 aliphatic heterocycles. The summed E-state index contributed by atoms with van der Waals surface area (Å²) in [5.41, 5.74) is 12.2. The Labute approximate surface area is 207 Å². The van der Waals surface area contributed by atoms with Gasteiger partial charge in [0.05, 0.1) is 17.9 Å². The molecule has 1 aromatic heterocycles. The third-order valence-electron chi connectivity index (χ3n) is 8.03. The summed E-state index contributed by atoms with van der Waals surface area (Å²) in [6.45, 7) is 7.19. The topological polar surface area (TPSA) is 105 Å². The molecule has 8 nitrogen and oxygen atoms in total. The number of phenols is 1. The lowest BCUT2D eigenvalue weighted by atomic mass is 9.73. The van der Waals surface area contributed by atoms with E-state index in [0.29, 0.717) is 30.2 Å². The average Bonchev–Trinajstić information content (AvgIpc) is 3.51. The molecule has 3 heterocycles. The molecule has 1 saturated heterocycles. The largest absolute Gasteiger partial charge is 0.508 e. The zero-order valence-corrected chi connectivity index (χ0v) is 20.8. The molecule has 0 radical (unpaired) electrons. The quantitative estimate of drug-likeness (QED) is 0.419. The summed E-state index contributed by atoms with van der Waals surface area (Å²) in [6.07, 6.45) is 9.60. The number of carbonyl (C=O) groups is 1. The van der Waals surface area contributed by atoms with Crippen molar-refractivity contribution in [2.45, 2.75) is 64.0 Å². The first-order chi connectivity index (χ1) is 17.0. The molecular weight excluding hydrogens is 440 g/mol. The Kier molecular flexibility index (Phi) is 7.22. The summed E-state index contributed by atoms with van der Waals surface area (Å²) >= 11 is 0. The minimum Gasteiger partial charge on any atom is -0.508 e. The van der Waals surface area contributed by atoms with E-state index in [2.05, 4.69) is 45.1 Å². The van der Waals surface area contributed by atoms with Crippen LogP contribution in [0.15, 0.2) is 30.5 Å². The Bertz CT molecular complexity index is 1080. The number of aromatic hydroxyl groups is 1. The standard InChI is InChI=1S/C27H38N6O2/c1-3-18-14-21(35)5-7-22(18)20-4-6-23-24(15-20)31-32-26(23)27-29-16-25(30-27)19-8-11-33(12-9-19)13-10-28-17(2)34/h5,7-8,14,16,20,23-24,26,31-32,35H,3-4,6,9-13,15H2,1-2H3,(H,28,34)(H,29,30). The maximum Gasteiger partial charge on any atom is 0.216 e. The highest BCUT2D eigenvalue weighted by Crippen LogP contribution is 2.44. The fourth-order valence-corrected chi connectivity index (χ4v) is 6.12. The fourth-order valence-electron chi connectivity index (χ4n) is 6.12.